The largest absolute Gasteiger partial charge is 0.436 e. The number of hydrogen-bond acceptors (Lipinski definition) is 4. The molecule has 0 N–H and O–H groups in total. The summed E-state index contributed by atoms with van der Waals surface area (Å²) in [6.45, 7) is 6.63. The summed E-state index contributed by atoms with van der Waals surface area (Å²) in [4.78, 5) is 23.2. The van der Waals surface area contributed by atoms with Crippen LogP contribution >= 0.6 is 0 Å². The highest BCUT2D eigenvalue weighted by atomic mass is 16.4. The number of aryl methyl sites for hydroxylation is 3. The summed E-state index contributed by atoms with van der Waals surface area (Å²) in [6, 6.07) is 12.2. The second kappa shape index (κ2) is 7.95. The summed E-state index contributed by atoms with van der Waals surface area (Å²) >= 11 is 0. The SMILES string of the molecule is CCc1ccc(CN(Cc2cccnc2)C(=O)c2oc(C)nc2C)cc1. The van der Waals surface area contributed by atoms with Crippen LogP contribution in [0.4, 0.5) is 0 Å². The number of benzene rings is 1. The van der Waals surface area contributed by atoms with Crippen LogP contribution in [0.1, 0.15) is 45.8 Å². The molecule has 0 unspecified atom stereocenters. The van der Waals surface area contributed by atoms with Gasteiger partial charge in [-0.2, -0.15) is 0 Å². The normalized spacial score (nSPS) is 10.7. The van der Waals surface area contributed by atoms with E-state index in [0.717, 1.165) is 17.5 Å². The molecule has 1 amide bonds. The van der Waals surface area contributed by atoms with E-state index in [2.05, 4.69) is 41.2 Å². The minimum absolute atomic E-state index is 0.161. The fraction of sp³-hybridized carbons (Fsp3) is 0.286. The molecule has 0 atom stereocenters. The van der Waals surface area contributed by atoms with E-state index in [0.29, 0.717) is 30.4 Å². The van der Waals surface area contributed by atoms with Crippen LogP contribution in [0.5, 0.6) is 0 Å². The van der Waals surface area contributed by atoms with Gasteiger partial charge in [0.05, 0.1) is 5.69 Å². The molecule has 0 spiro atoms. The van der Waals surface area contributed by atoms with Gasteiger partial charge in [0, 0.05) is 32.4 Å². The first-order valence-electron chi connectivity index (χ1n) is 8.77. The van der Waals surface area contributed by atoms with Gasteiger partial charge in [-0.1, -0.05) is 37.3 Å². The van der Waals surface area contributed by atoms with Crippen molar-refractivity contribution in [2.75, 3.05) is 0 Å². The molecule has 0 fully saturated rings. The predicted molar refractivity (Wildman–Crippen MR) is 99.6 cm³/mol. The first-order chi connectivity index (χ1) is 12.6. The third kappa shape index (κ3) is 4.17. The summed E-state index contributed by atoms with van der Waals surface area (Å²) in [7, 11) is 0. The number of nitrogens with zero attached hydrogens (tertiary/aromatic N) is 3. The number of hydrogen-bond donors (Lipinski definition) is 0. The van der Waals surface area contributed by atoms with Gasteiger partial charge in [-0.3, -0.25) is 9.78 Å². The lowest BCUT2D eigenvalue weighted by atomic mass is 10.1. The molecular formula is C21H23N3O2. The first kappa shape index (κ1) is 17.9. The van der Waals surface area contributed by atoms with Crippen molar-refractivity contribution in [3.63, 3.8) is 0 Å². The number of carbonyl (C=O) groups excluding carboxylic acids is 1. The monoisotopic (exact) mass is 349 g/mol. The zero-order chi connectivity index (χ0) is 18.5. The fourth-order valence-electron chi connectivity index (χ4n) is 2.89. The van der Waals surface area contributed by atoms with Gasteiger partial charge in [0.1, 0.15) is 0 Å². The molecule has 0 saturated carbocycles. The quantitative estimate of drug-likeness (QED) is 0.672. The molecule has 5 heteroatoms. The highest BCUT2D eigenvalue weighted by molar-refractivity contribution is 5.92. The van der Waals surface area contributed by atoms with E-state index in [1.54, 1.807) is 31.1 Å². The lowest BCUT2D eigenvalue weighted by Crippen LogP contribution is -2.30. The Morgan fingerprint density at radius 1 is 1.04 bits per heavy atom. The molecule has 5 nitrogen and oxygen atoms in total. The Bertz CT molecular complexity index is 870. The molecule has 0 bridgehead atoms. The predicted octanol–water partition coefficient (Wildman–Crippen LogP) is 4.09. The van der Waals surface area contributed by atoms with Crippen molar-refractivity contribution in [1.82, 2.24) is 14.9 Å². The lowest BCUT2D eigenvalue weighted by Gasteiger charge is -2.22. The second-order valence-corrected chi connectivity index (χ2v) is 6.34. The number of aromatic nitrogens is 2. The van der Waals surface area contributed by atoms with E-state index in [-0.39, 0.29) is 5.91 Å². The molecule has 0 radical (unpaired) electrons. The Balaban J connectivity index is 1.87. The molecule has 2 heterocycles. The maximum Gasteiger partial charge on any atom is 0.292 e. The molecule has 3 aromatic rings. The number of rotatable bonds is 6. The van der Waals surface area contributed by atoms with Crippen molar-refractivity contribution in [3.8, 4) is 0 Å². The van der Waals surface area contributed by atoms with Gasteiger partial charge in [-0.15, -0.1) is 0 Å². The van der Waals surface area contributed by atoms with Gasteiger partial charge in [0.2, 0.25) is 5.76 Å². The second-order valence-electron chi connectivity index (χ2n) is 6.34. The standard InChI is InChI=1S/C21H23N3O2/c1-4-17-7-9-18(10-8-17)13-24(14-19-6-5-11-22-12-19)21(25)20-15(2)23-16(3)26-20/h5-12H,4,13-14H2,1-3H3. The molecule has 134 valence electrons. The third-order valence-corrected chi connectivity index (χ3v) is 4.29. The minimum atomic E-state index is -0.161. The molecule has 0 saturated heterocycles. The molecule has 3 rings (SSSR count). The average Bonchev–Trinajstić information content (AvgIpc) is 3.00. The number of oxazole rings is 1. The van der Waals surface area contributed by atoms with Crippen LogP contribution in [0.2, 0.25) is 0 Å². The Kier molecular flexibility index (Phi) is 5.46. The highest BCUT2D eigenvalue weighted by Crippen LogP contribution is 2.18. The van der Waals surface area contributed by atoms with E-state index >= 15 is 0 Å². The van der Waals surface area contributed by atoms with E-state index in [1.807, 2.05) is 12.1 Å². The van der Waals surface area contributed by atoms with E-state index in [1.165, 1.54) is 5.56 Å². The van der Waals surface area contributed by atoms with Crippen LogP contribution in [0.25, 0.3) is 0 Å². The maximum atomic E-state index is 13.1. The topological polar surface area (TPSA) is 59.2 Å². The highest BCUT2D eigenvalue weighted by Gasteiger charge is 2.23. The molecule has 0 aliphatic heterocycles. The molecule has 0 aliphatic carbocycles. The van der Waals surface area contributed by atoms with Gasteiger partial charge in [0.15, 0.2) is 5.89 Å². The summed E-state index contributed by atoms with van der Waals surface area (Å²) in [5.74, 6) is 0.641. The van der Waals surface area contributed by atoms with Gasteiger partial charge in [-0.05, 0) is 36.1 Å². The Morgan fingerprint density at radius 3 is 2.31 bits per heavy atom. The number of pyridine rings is 1. The van der Waals surface area contributed by atoms with Crippen LogP contribution in [0, 0.1) is 13.8 Å². The maximum absolute atomic E-state index is 13.1. The fourth-order valence-corrected chi connectivity index (χ4v) is 2.89. The zero-order valence-corrected chi connectivity index (χ0v) is 15.4. The number of amides is 1. The molecule has 26 heavy (non-hydrogen) atoms. The van der Waals surface area contributed by atoms with Crippen molar-refractivity contribution in [1.29, 1.82) is 0 Å². The van der Waals surface area contributed by atoms with E-state index in [4.69, 9.17) is 4.42 Å². The van der Waals surface area contributed by atoms with Crippen molar-refractivity contribution in [2.24, 2.45) is 0 Å². The van der Waals surface area contributed by atoms with Crippen molar-refractivity contribution >= 4 is 5.91 Å². The Labute approximate surface area is 153 Å². The Morgan fingerprint density at radius 2 is 1.73 bits per heavy atom. The van der Waals surface area contributed by atoms with Crippen LogP contribution in [-0.2, 0) is 19.5 Å². The third-order valence-electron chi connectivity index (χ3n) is 4.29. The van der Waals surface area contributed by atoms with Crippen LogP contribution in [0.3, 0.4) is 0 Å². The molecular weight excluding hydrogens is 326 g/mol. The summed E-state index contributed by atoms with van der Waals surface area (Å²) < 4.78 is 5.55. The van der Waals surface area contributed by atoms with Crippen LogP contribution < -0.4 is 0 Å². The minimum Gasteiger partial charge on any atom is -0.436 e. The van der Waals surface area contributed by atoms with E-state index < -0.39 is 0 Å². The van der Waals surface area contributed by atoms with Gasteiger partial charge in [-0.25, -0.2) is 4.98 Å². The van der Waals surface area contributed by atoms with Crippen molar-refractivity contribution in [3.05, 3.63) is 82.8 Å². The van der Waals surface area contributed by atoms with Gasteiger partial charge in [0.25, 0.3) is 5.91 Å². The molecule has 0 aliphatic rings. The van der Waals surface area contributed by atoms with Crippen LogP contribution in [0.15, 0.2) is 53.2 Å². The van der Waals surface area contributed by atoms with E-state index in [9.17, 15) is 4.79 Å². The van der Waals surface area contributed by atoms with Gasteiger partial charge < -0.3 is 9.32 Å². The van der Waals surface area contributed by atoms with Crippen molar-refractivity contribution < 1.29 is 9.21 Å². The summed E-state index contributed by atoms with van der Waals surface area (Å²) in [5, 5.41) is 0. The van der Waals surface area contributed by atoms with Crippen LogP contribution in [-0.4, -0.2) is 20.8 Å². The average molecular weight is 349 g/mol. The summed E-state index contributed by atoms with van der Waals surface area (Å²) in [6.07, 6.45) is 4.50. The van der Waals surface area contributed by atoms with Crippen molar-refractivity contribution in [2.45, 2.75) is 40.3 Å². The Hall–Kier alpha value is -2.95. The smallest absolute Gasteiger partial charge is 0.292 e. The summed E-state index contributed by atoms with van der Waals surface area (Å²) in [5.41, 5.74) is 3.94. The molecule has 2 aromatic heterocycles. The number of carbonyl (C=O) groups is 1. The van der Waals surface area contributed by atoms with Gasteiger partial charge >= 0.3 is 0 Å². The first-order valence-corrected chi connectivity index (χ1v) is 8.77. The lowest BCUT2D eigenvalue weighted by molar-refractivity contribution is 0.0695. The zero-order valence-electron chi connectivity index (χ0n) is 15.4. The molecule has 1 aromatic carbocycles.